The Bertz CT molecular complexity index is 340. The molecule has 0 radical (unpaired) electrons. The number of esters is 1. The molecule has 1 aromatic rings. The second-order valence-electron chi connectivity index (χ2n) is 2.58. The van der Waals surface area contributed by atoms with Crippen LogP contribution in [0.4, 0.5) is 0 Å². The lowest BCUT2D eigenvalue weighted by molar-refractivity contribution is -0.141. The highest BCUT2D eigenvalue weighted by molar-refractivity contribution is 5.93. The van der Waals surface area contributed by atoms with Crippen molar-refractivity contribution in [1.29, 1.82) is 0 Å². The number of ether oxygens (including phenoxy) is 1. The first-order valence-electron chi connectivity index (χ1n) is 4.44. The number of hydrogen-bond donors (Lipinski definition) is 1. The number of aromatic nitrogens is 2. The summed E-state index contributed by atoms with van der Waals surface area (Å²) >= 11 is 0. The molecule has 1 heterocycles. The SMILES string of the molecule is CCOC(=O)CNC(=O)c1cnccn1. The fourth-order valence-electron chi connectivity index (χ4n) is 0.871. The maximum Gasteiger partial charge on any atom is 0.325 e. The third kappa shape index (κ3) is 3.72. The van der Waals surface area contributed by atoms with Crippen molar-refractivity contribution in [2.75, 3.05) is 13.2 Å². The molecule has 0 saturated carbocycles. The predicted molar refractivity (Wildman–Crippen MR) is 51.0 cm³/mol. The minimum absolute atomic E-state index is 0.163. The van der Waals surface area contributed by atoms with Crippen LogP contribution < -0.4 is 5.32 Å². The molecule has 0 aliphatic heterocycles. The molecule has 0 fully saturated rings. The molecule has 0 atom stereocenters. The number of carbonyl (C=O) groups excluding carboxylic acids is 2. The first-order valence-corrected chi connectivity index (χ1v) is 4.44. The molecule has 1 rings (SSSR count). The summed E-state index contributed by atoms with van der Waals surface area (Å²) in [5.74, 6) is -0.925. The quantitative estimate of drug-likeness (QED) is 0.693. The molecular weight excluding hydrogens is 198 g/mol. The highest BCUT2D eigenvalue weighted by Gasteiger charge is 2.08. The van der Waals surface area contributed by atoms with Gasteiger partial charge in [0.2, 0.25) is 0 Å². The summed E-state index contributed by atoms with van der Waals surface area (Å²) in [7, 11) is 0. The van der Waals surface area contributed by atoms with Gasteiger partial charge < -0.3 is 10.1 Å². The third-order valence-electron chi connectivity index (χ3n) is 1.49. The van der Waals surface area contributed by atoms with Gasteiger partial charge in [-0.1, -0.05) is 0 Å². The lowest BCUT2D eigenvalue weighted by Crippen LogP contribution is -2.31. The van der Waals surface area contributed by atoms with Gasteiger partial charge in [0.25, 0.3) is 5.91 Å². The van der Waals surface area contributed by atoms with E-state index in [-0.39, 0.29) is 12.2 Å². The molecule has 0 saturated heterocycles. The minimum Gasteiger partial charge on any atom is -0.465 e. The zero-order valence-corrected chi connectivity index (χ0v) is 8.27. The molecule has 0 bridgehead atoms. The van der Waals surface area contributed by atoms with E-state index in [1.807, 2.05) is 0 Å². The number of carbonyl (C=O) groups is 2. The van der Waals surface area contributed by atoms with Gasteiger partial charge in [-0.3, -0.25) is 14.6 Å². The van der Waals surface area contributed by atoms with Gasteiger partial charge in [0, 0.05) is 12.4 Å². The van der Waals surface area contributed by atoms with Crippen LogP contribution in [0.15, 0.2) is 18.6 Å². The van der Waals surface area contributed by atoms with Crippen molar-refractivity contribution in [2.24, 2.45) is 0 Å². The molecule has 1 amide bonds. The van der Waals surface area contributed by atoms with Gasteiger partial charge in [0.15, 0.2) is 0 Å². The van der Waals surface area contributed by atoms with Crippen molar-refractivity contribution in [3.8, 4) is 0 Å². The Hall–Kier alpha value is -1.98. The van der Waals surface area contributed by atoms with Crippen molar-refractivity contribution < 1.29 is 14.3 Å². The van der Waals surface area contributed by atoms with E-state index in [1.165, 1.54) is 18.6 Å². The highest BCUT2D eigenvalue weighted by Crippen LogP contribution is 1.89. The summed E-state index contributed by atoms with van der Waals surface area (Å²) in [5.41, 5.74) is 0.168. The van der Waals surface area contributed by atoms with Gasteiger partial charge in [-0.05, 0) is 6.92 Å². The molecule has 0 spiro atoms. The van der Waals surface area contributed by atoms with E-state index in [1.54, 1.807) is 6.92 Å². The van der Waals surface area contributed by atoms with E-state index in [9.17, 15) is 9.59 Å². The van der Waals surface area contributed by atoms with E-state index in [0.29, 0.717) is 6.61 Å². The average molecular weight is 209 g/mol. The fraction of sp³-hybridized carbons (Fsp3) is 0.333. The van der Waals surface area contributed by atoms with Crippen LogP contribution in [0.25, 0.3) is 0 Å². The lowest BCUT2D eigenvalue weighted by Gasteiger charge is -2.03. The molecular formula is C9H11N3O3. The maximum absolute atomic E-state index is 11.3. The largest absolute Gasteiger partial charge is 0.465 e. The van der Waals surface area contributed by atoms with Crippen molar-refractivity contribution in [3.63, 3.8) is 0 Å². The maximum atomic E-state index is 11.3. The van der Waals surface area contributed by atoms with E-state index >= 15 is 0 Å². The highest BCUT2D eigenvalue weighted by atomic mass is 16.5. The predicted octanol–water partition coefficient (Wildman–Crippen LogP) is -0.231. The lowest BCUT2D eigenvalue weighted by atomic mass is 10.4. The molecule has 6 nitrogen and oxygen atoms in total. The smallest absolute Gasteiger partial charge is 0.325 e. The molecule has 1 aromatic heterocycles. The van der Waals surface area contributed by atoms with Crippen LogP contribution in [0.1, 0.15) is 17.4 Å². The number of nitrogens with zero attached hydrogens (tertiary/aromatic N) is 2. The summed E-state index contributed by atoms with van der Waals surface area (Å²) in [6.07, 6.45) is 4.18. The Morgan fingerprint density at radius 1 is 1.47 bits per heavy atom. The number of amides is 1. The van der Waals surface area contributed by atoms with Crippen LogP contribution in [0.5, 0.6) is 0 Å². The summed E-state index contributed by atoms with van der Waals surface area (Å²) in [5, 5.41) is 2.37. The van der Waals surface area contributed by atoms with Crippen LogP contribution >= 0.6 is 0 Å². The van der Waals surface area contributed by atoms with Gasteiger partial charge in [-0.15, -0.1) is 0 Å². The molecule has 1 N–H and O–H groups in total. The Morgan fingerprint density at radius 3 is 2.87 bits per heavy atom. The van der Waals surface area contributed by atoms with Crippen molar-refractivity contribution in [3.05, 3.63) is 24.3 Å². The summed E-state index contributed by atoms with van der Waals surface area (Å²) in [4.78, 5) is 29.7. The van der Waals surface area contributed by atoms with E-state index < -0.39 is 11.9 Å². The molecule has 15 heavy (non-hydrogen) atoms. The molecule has 0 aromatic carbocycles. The second-order valence-corrected chi connectivity index (χ2v) is 2.58. The zero-order chi connectivity index (χ0) is 11.1. The normalized spacial score (nSPS) is 9.40. The summed E-state index contributed by atoms with van der Waals surface area (Å²) in [6, 6.07) is 0. The average Bonchev–Trinajstić information content (AvgIpc) is 2.27. The molecule has 0 aliphatic rings. The Labute approximate surface area is 86.7 Å². The first kappa shape index (κ1) is 11.1. The molecule has 0 unspecified atom stereocenters. The Balaban J connectivity index is 2.40. The van der Waals surface area contributed by atoms with Crippen molar-refractivity contribution in [1.82, 2.24) is 15.3 Å². The van der Waals surface area contributed by atoms with E-state index in [2.05, 4.69) is 20.0 Å². The van der Waals surface area contributed by atoms with Crippen LogP contribution in [0, 0.1) is 0 Å². The number of hydrogen-bond acceptors (Lipinski definition) is 5. The van der Waals surface area contributed by atoms with Gasteiger partial charge in [0.1, 0.15) is 12.2 Å². The van der Waals surface area contributed by atoms with Gasteiger partial charge >= 0.3 is 5.97 Å². The van der Waals surface area contributed by atoms with E-state index in [0.717, 1.165) is 0 Å². The molecule has 6 heteroatoms. The monoisotopic (exact) mass is 209 g/mol. The molecule has 0 aliphatic carbocycles. The van der Waals surface area contributed by atoms with Crippen LogP contribution in [0.2, 0.25) is 0 Å². The first-order chi connectivity index (χ1) is 7.24. The Morgan fingerprint density at radius 2 is 2.27 bits per heavy atom. The summed E-state index contributed by atoms with van der Waals surface area (Å²) in [6.45, 7) is 1.82. The standard InChI is InChI=1S/C9H11N3O3/c1-2-15-8(13)6-12-9(14)7-5-10-3-4-11-7/h3-5H,2,6H2,1H3,(H,12,14). The van der Waals surface area contributed by atoms with Gasteiger partial charge in [-0.25, -0.2) is 4.98 Å². The van der Waals surface area contributed by atoms with E-state index in [4.69, 9.17) is 0 Å². The third-order valence-corrected chi connectivity index (χ3v) is 1.49. The molecule has 80 valence electrons. The van der Waals surface area contributed by atoms with Crippen molar-refractivity contribution >= 4 is 11.9 Å². The van der Waals surface area contributed by atoms with Gasteiger partial charge in [0.05, 0.1) is 12.8 Å². The van der Waals surface area contributed by atoms with Crippen LogP contribution in [-0.4, -0.2) is 35.0 Å². The second kappa shape index (κ2) is 5.69. The van der Waals surface area contributed by atoms with Crippen molar-refractivity contribution in [2.45, 2.75) is 6.92 Å². The minimum atomic E-state index is -0.477. The van der Waals surface area contributed by atoms with Gasteiger partial charge in [-0.2, -0.15) is 0 Å². The fourth-order valence-corrected chi connectivity index (χ4v) is 0.871. The topological polar surface area (TPSA) is 81.2 Å². The zero-order valence-electron chi connectivity index (χ0n) is 8.27. The number of rotatable bonds is 4. The van der Waals surface area contributed by atoms with Crippen LogP contribution in [0.3, 0.4) is 0 Å². The Kier molecular flexibility index (Phi) is 4.21. The number of nitrogens with one attached hydrogen (secondary N) is 1. The van der Waals surface area contributed by atoms with Crippen LogP contribution in [-0.2, 0) is 9.53 Å². The summed E-state index contributed by atoms with van der Waals surface area (Å²) < 4.78 is 4.64.